The van der Waals surface area contributed by atoms with E-state index in [0.29, 0.717) is 5.41 Å². The Morgan fingerprint density at radius 2 is 2.25 bits per heavy atom. The summed E-state index contributed by atoms with van der Waals surface area (Å²) in [7, 11) is 0. The van der Waals surface area contributed by atoms with Gasteiger partial charge in [-0.05, 0) is 30.8 Å². The molecule has 0 radical (unpaired) electrons. The maximum atomic E-state index is 10.1. The number of carbonyl (C=O) groups excluding carboxylic acids is 1. The molecule has 1 aliphatic rings. The first kappa shape index (κ1) is 9.24. The van der Waals surface area contributed by atoms with Crippen LogP contribution in [-0.2, 0) is 4.79 Å². The molecule has 0 saturated heterocycles. The monoisotopic (exact) mass is 164 g/mol. The van der Waals surface area contributed by atoms with Crippen LogP contribution >= 0.6 is 0 Å². The SMILES string of the molecule is CC1(C)CCC=C(/C=C/C=O)C1. The maximum absolute atomic E-state index is 10.1. The normalized spacial score (nSPS) is 22.3. The van der Waals surface area contributed by atoms with Crippen LogP contribution in [0.3, 0.4) is 0 Å². The fourth-order valence-electron chi connectivity index (χ4n) is 1.65. The van der Waals surface area contributed by atoms with Crippen LogP contribution in [0.1, 0.15) is 33.1 Å². The van der Waals surface area contributed by atoms with Gasteiger partial charge in [0.05, 0.1) is 0 Å². The number of allylic oxidation sites excluding steroid dienone is 4. The van der Waals surface area contributed by atoms with Gasteiger partial charge in [-0.1, -0.05) is 31.6 Å². The molecule has 0 bridgehead atoms. The second-order valence-corrected chi connectivity index (χ2v) is 4.15. The standard InChI is InChI=1S/C11H16O/c1-11(2)7-3-5-10(9-11)6-4-8-12/h4-6,8H,3,7,9H2,1-2H3/b6-4+. The van der Waals surface area contributed by atoms with Crippen LogP contribution in [0.25, 0.3) is 0 Å². The molecule has 0 unspecified atom stereocenters. The van der Waals surface area contributed by atoms with Crippen LogP contribution in [-0.4, -0.2) is 6.29 Å². The first-order chi connectivity index (χ1) is 5.64. The van der Waals surface area contributed by atoms with E-state index in [0.717, 1.165) is 19.1 Å². The average molecular weight is 164 g/mol. The van der Waals surface area contributed by atoms with Crippen molar-refractivity contribution in [3.8, 4) is 0 Å². The highest BCUT2D eigenvalue weighted by atomic mass is 16.1. The zero-order valence-corrected chi connectivity index (χ0v) is 7.84. The van der Waals surface area contributed by atoms with Crippen LogP contribution in [0.15, 0.2) is 23.8 Å². The summed E-state index contributed by atoms with van der Waals surface area (Å²) >= 11 is 0. The highest BCUT2D eigenvalue weighted by molar-refractivity contribution is 5.65. The molecule has 0 atom stereocenters. The summed E-state index contributed by atoms with van der Waals surface area (Å²) < 4.78 is 0. The third kappa shape index (κ3) is 2.65. The second kappa shape index (κ2) is 3.70. The van der Waals surface area contributed by atoms with Gasteiger partial charge < -0.3 is 0 Å². The molecule has 0 saturated carbocycles. The maximum Gasteiger partial charge on any atom is 0.142 e. The van der Waals surface area contributed by atoms with E-state index in [9.17, 15) is 4.79 Å². The predicted octanol–water partition coefficient (Wildman–Crippen LogP) is 2.88. The fourth-order valence-corrected chi connectivity index (χ4v) is 1.65. The number of aldehydes is 1. The lowest BCUT2D eigenvalue weighted by atomic mass is 9.77. The van der Waals surface area contributed by atoms with Gasteiger partial charge >= 0.3 is 0 Å². The minimum absolute atomic E-state index is 0.414. The van der Waals surface area contributed by atoms with Crippen molar-refractivity contribution >= 4 is 6.29 Å². The summed E-state index contributed by atoms with van der Waals surface area (Å²) in [5.74, 6) is 0. The molecular formula is C11H16O. The van der Waals surface area contributed by atoms with Gasteiger partial charge in [0, 0.05) is 0 Å². The van der Waals surface area contributed by atoms with Crippen molar-refractivity contribution < 1.29 is 4.79 Å². The molecule has 0 aromatic carbocycles. The molecule has 0 aliphatic heterocycles. The van der Waals surface area contributed by atoms with Crippen LogP contribution in [0.2, 0.25) is 0 Å². The topological polar surface area (TPSA) is 17.1 Å². The van der Waals surface area contributed by atoms with Crippen molar-refractivity contribution in [2.45, 2.75) is 33.1 Å². The summed E-state index contributed by atoms with van der Waals surface area (Å²) in [5, 5.41) is 0. The van der Waals surface area contributed by atoms with Crippen molar-refractivity contribution in [2.24, 2.45) is 5.41 Å². The lowest BCUT2D eigenvalue weighted by Crippen LogP contribution is -2.14. The Morgan fingerprint density at radius 3 is 2.83 bits per heavy atom. The largest absolute Gasteiger partial charge is 0.299 e. The van der Waals surface area contributed by atoms with Gasteiger partial charge in [-0.2, -0.15) is 0 Å². The lowest BCUT2D eigenvalue weighted by molar-refractivity contribution is -0.104. The molecule has 0 amide bonds. The number of hydrogen-bond acceptors (Lipinski definition) is 1. The highest BCUT2D eigenvalue weighted by Crippen LogP contribution is 2.35. The summed E-state index contributed by atoms with van der Waals surface area (Å²) in [5.41, 5.74) is 1.72. The number of carbonyl (C=O) groups is 1. The summed E-state index contributed by atoms with van der Waals surface area (Å²) in [6, 6.07) is 0. The van der Waals surface area contributed by atoms with Gasteiger partial charge in [-0.25, -0.2) is 0 Å². The van der Waals surface area contributed by atoms with E-state index in [1.807, 2.05) is 6.08 Å². The third-order valence-electron chi connectivity index (χ3n) is 2.30. The Bertz CT molecular complexity index is 221. The third-order valence-corrected chi connectivity index (χ3v) is 2.30. The van der Waals surface area contributed by atoms with Crippen molar-refractivity contribution in [3.63, 3.8) is 0 Å². The zero-order chi connectivity index (χ0) is 9.03. The second-order valence-electron chi connectivity index (χ2n) is 4.15. The van der Waals surface area contributed by atoms with E-state index >= 15 is 0 Å². The average Bonchev–Trinajstić information content (AvgIpc) is 1.99. The van der Waals surface area contributed by atoms with E-state index in [1.54, 1.807) is 6.08 Å². The van der Waals surface area contributed by atoms with Crippen molar-refractivity contribution in [1.82, 2.24) is 0 Å². The predicted molar refractivity (Wildman–Crippen MR) is 50.9 cm³/mol. The van der Waals surface area contributed by atoms with Gasteiger partial charge in [-0.15, -0.1) is 0 Å². The van der Waals surface area contributed by atoms with E-state index in [-0.39, 0.29) is 0 Å². The van der Waals surface area contributed by atoms with Crippen molar-refractivity contribution in [2.75, 3.05) is 0 Å². The molecule has 1 rings (SSSR count). The molecule has 66 valence electrons. The molecule has 0 aromatic heterocycles. The molecule has 1 aliphatic carbocycles. The molecule has 0 N–H and O–H groups in total. The van der Waals surface area contributed by atoms with Gasteiger partial charge in [-0.3, -0.25) is 4.79 Å². The minimum Gasteiger partial charge on any atom is -0.299 e. The molecule has 0 spiro atoms. The molecule has 0 aromatic rings. The Morgan fingerprint density at radius 1 is 1.50 bits per heavy atom. The Hall–Kier alpha value is -0.850. The lowest BCUT2D eigenvalue weighted by Gasteiger charge is -2.28. The molecular weight excluding hydrogens is 148 g/mol. The molecule has 0 heterocycles. The first-order valence-electron chi connectivity index (χ1n) is 4.45. The van der Waals surface area contributed by atoms with Crippen LogP contribution < -0.4 is 0 Å². The smallest absolute Gasteiger partial charge is 0.142 e. The molecule has 0 fully saturated rings. The minimum atomic E-state index is 0.414. The van der Waals surface area contributed by atoms with Gasteiger partial charge in [0.1, 0.15) is 6.29 Å². The van der Waals surface area contributed by atoms with Crippen LogP contribution in [0.5, 0.6) is 0 Å². The van der Waals surface area contributed by atoms with Gasteiger partial charge in [0.25, 0.3) is 0 Å². The fraction of sp³-hybridized carbons (Fsp3) is 0.545. The molecule has 1 heteroatoms. The van der Waals surface area contributed by atoms with Crippen molar-refractivity contribution in [3.05, 3.63) is 23.8 Å². The van der Waals surface area contributed by atoms with Gasteiger partial charge in [0.15, 0.2) is 0 Å². The highest BCUT2D eigenvalue weighted by Gasteiger charge is 2.21. The Kier molecular flexibility index (Phi) is 2.85. The number of rotatable bonds is 2. The summed E-state index contributed by atoms with van der Waals surface area (Å²) in [4.78, 5) is 10.1. The summed E-state index contributed by atoms with van der Waals surface area (Å²) in [6.45, 7) is 4.55. The van der Waals surface area contributed by atoms with E-state index < -0.39 is 0 Å². The van der Waals surface area contributed by atoms with Gasteiger partial charge in [0.2, 0.25) is 0 Å². The first-order valence-corrected chi connectivity index (χ1v) is 4.45. The zero-order valence-electron chi connectivity index (χ0n) is 7.84. The molecule has 12 heavy (non-hydrogen) atoms. The van der Waals surface area contributed by atoms with Crippen molar-refractivity contribution in [1.29, 1.82) is 0 Å². The molecule has 1 nitrogen and oxygen atoms in total. The quantitative estimate of drug-likeness (QED) is 0.453. The summed E-state index contributed by atoms with van der Waals surface area (Å²) in [6.07, 6.45) is 10.1. The Balaban J connectivity index is 2.61. The van der Waals surface area contributed by atoms with E-state index in [2.05, 4.69) is 19.9 Å². The Labute approximate surface area is 74.2 Å². The van der Waals surface area contributed by atoms with Crippen LogP contribution in [0.4, 0.5) is 0 Å². The number of hydrogen-bond donors (Lipinski definition) is 0. The van der Waals surface area contributed by atoms with E-state index in [1.165, 1.54) is 12.0 Å². The van der Waals surface area contributed by atoms with Crippen LogP contribution in [0, 0.1) is 5.41 Å². The van der Waals surface area contributed by atoms with E-state index in [4.69, 9.17) is 0 Å².